The molecule has 1 aliphatic carbocycles. The van der Waals surface area contributed by atoms with Crippen molar-refractivity contribution < 1.29 is 4.79 Å². The van der Waals surface area contributed by atoms with Gasteiger partial charge in [-0.15, -0.1) is 0 Å². The van der Waals surface area contributed by atoms with Crippen LogP contribution < -0.4 is 5.32 Å². The zero-order valence-corrected chi connectivity index (χ0v) is 19.5. The highest BCUT2D eigenvalue weighted by atomic mass is 35.5. The highest BCUT2D eigenvalue weighted by Crippen LogP contribution is 2.45. The number of fused-ring (bicyclic) bond motifs is 2. The fraction of sp³-hybridized carbons (Fsp3) is 0.625. The third-order valence-electron chi connectivity index (χ3n) is 7.07. The van der Waals surface area contributed by atoms with Crippen LogP contribution in [0.2, 0.25) is 5.02 Å². The fourth-order valence-corrected chi connectivity index (χ4v) is 5.95. The van der Waals surface area contributed by atoms with Gasteiger partial charge in [0.05, 0.1) is 0 Å². The average molecular weight is 431 g/mol. The van der Waals surface area contributed by atoms with Crippen LogP contribution in [-0.4, -0.2) is 59.1 Å². The molecule has 164 valence electrons. The van der Waals surface area contributed by atoms with Gasteiger partial charge in [-0.3, -0.25) is 4.90 Å². The monoisotopic (exact) mass is 430 g/mol. The molecule has 4 rings (SSSR count). The fourth-order valence-electron chi connectivity index (χ4n) is 5.72. The lowest BCUT2D eigenvalue weighted by Gasteiger charge is -2.47. The first-order valence-corrected chi connectivity index (χ1v) is 12.0. The Hall–Kier alpha value is -1.72. The summed E-state index contributed by atoms with van der Waals surface area (Å²) in [7, 11) is 0. The lowest BCUT2D eigenvalue weighted by Crippen LogP contribution is -2.58. The van der Waals surface area contributed by atoms with E-state index in [1.807, 2.05) is 18.7 Å². The topological polar surface area (TPSA) is 51.4 Å². The van der Waals surface area contributed by atoms with Crippen LogP contribution in [-0.2, 0) is 12.8 Å². The van der Waals surface area contributed by atoms with Gasteiger partial charge < -0.3 is 15.2 Å². The largest absolute Gasteiger partial charge is 0.358 e. The molecule has 0 spiro atoms. The van der Waals surface area contributed by atoms with Crippen LogP contribution in [0.3, 0.4) is 0 Å². The number of rotatable bonds is 6. The van der Waals surface area contributed by atoms with Gasteiger partial charge in [-0.2, -0.15) is 0 Å². The molecule has 0 saturated carbocycles. The number of carbonyl (C=O) groups excluding carboxylic acids is 1. The summed E-state index contributed by atoms with van der Waals surface area (Å²) >= 11 is 6.55. The quantitative estimate of drug-likeness (QED) is 0.682. The van der Waals surface area contributed by atoms with Crippen molar-refractivity contribution in [3.05, 3.63) is 34.0 Å². The highest BCUT2D eigenvalue weighted by Gasteiger charge is 2.42. The zero-order valence-electron chi connectivity index (χ0n) is 18.7. The SMILES string of the molecule is CCCN1C[C@@H](NC(=O)N(CC)CC)CC2c3cc(Cl)cc4[nH]c(CC)c(c34)C[C@H]21. The highest BCUT2D eigenvalue weighted by molar-refractivity contribution is 6.31. The predicted molar refractivity (Wildman–Crippen MR) is 125 cm³/mol. The lowest BCUT2D eigenvalue weighted by atomic mass is 9.73. The zero-order chi connectivity index (χ0) is 21.4. The van der Waals surface area contributed by atoms with Crippen molar-refractivity contribution in [1.29, 1.82) is 0 Å². The normalized spacial score (nSPS) is 23.4. The van der Waals surface area contributed by atoms with Crippen LogP contribution >= 0.6 is 11.6 Å². The van der Waals surface area contributed by atoms with Gasteiger partial charge in [0.2, 0.25) is 0 Å². The second-order valence-electron chi connectivity index (χ2n) is 8.78. The third-order valence-corrected chi connectivity index (χ3v) is 7.29. The van der Waals surface area contributed by atoms with Crippen LogP contribution in [0.25, 0.3) is 10.9 Å². The second kappa shape index (κ2) is 8.80. The molecule has 2 heterocycles. The summed E-state index contributed by atoms with van der Waals surface area (Å²) in [5, 5.41) is 5.51. The van der Waals surface area contributed by atoms with Crippen molar-refractivity contribution in [1.82, 2.24) is 20.1 Å². The van der Waals surface area contributed by atoms with E-state index in [9.17, 15) is 4.79 Å². The Labute approximate surface area is 185 Å². The molecule has 0 bridgehead atoms. The Morgan fingerprint density at radius 1 is 1.27 bits per heavy atom. The number of hydrogen-bond donors (Lipinski definition) is 2. The minimum Gasteiger partial charge on any atom is -0.358 e. The van der Waals surface area contributed by atoms with Gasteiger partial charge in [0.1, 0.15) is 0 Å². The number of aromatic nitrogens is 1. The summed E-state index contributed by atoms with van der Waals surface area (Å²) in [6.07, 6.45) is 4.18. The van der Waals surface area contributed by atoms with E-state index < -0.39 is 0 Å². The standard InChI is InChI=1S/C24H35ClN4O/c1-5-9-29-14-16(26-24(30)28(7-3)8-4)12-17-18-10-15(25)11-21-23(18)19(13-22(17)29)20(6-2)27-21/h10-11,16-17,22,27H,5-9,12-14H2,1-4H3,(H,26,30)/t16-,17?,22+/m0/s1. The molecule has 1 aliphatic heterocycles. The Morgan fingerprint density at radius 3 is 2.70 bits per heavy atom. The van der Waals surface area contributed by atoms with E-state index in [1.54, 1.807) is 0 Å². The van der Waals surface area contributed by atoms with Crippen LogP contribution in [0.4, 0.5) is 4.79 Å². The number of benzene rings is 1. The van der Waals surface area contributed by atoms with Crippen molar-refractivity contribution in [2.24, 2.45) is 0 Å². The lowest BCUT2D eigenvalue weighted by molar-refractivity contribution is 0.0978. The van der Waals surface area contributed by atoms with E-state index in [4.69, 9.17) is 11.6 Å². The molecule has 1 saturated heterocycles. The summed E-state index contributed by atoms with van der Waals surface area (Å²) in [6, 6.07) is 4.93. The number of nitrogens with one attached hydrogen (secondary N) is 2. The van der Waals surface area contributed by atoms with E-state index in [0.29, 0.717) is 12.0 Å². The first-order chi connectivity index (χ1) is 14.5. The Balaban J connectivity index is 1.71. The molecule has 1 aromatic heterocycles. The van der Waals surface area contributed by atoms with Crippen molar-refractivity contribution >= 4 is 28.5 Å². The summed E-state index contributed by atoms with van der Waals surface area (Å²) in [5.41, 5.74) is 5.36. The summed E-state index contributed by atoms with van der Waals surface area (Å²) in [4.78, 5) is 20.9. The molecule has 6 heteroatoms. The molecule has 2 amide bonds. The van der Waals surface area contributed by atoms with Gasteiger partial charge >= 0.3 is 6.03 Å². The van der Waals surface area contributed by atoms with Crippen molar-refractivity contribution in [3.8, 4) is 0 Å². The van der Waals surface area contributed by atoms with Gasteiger partial charge in [0, 0.05) is 59.3 Å². The van der Waals surface area contributed by atoms with Crippen LogP contribution in [0.15, 0.2) is 12.1 Å². The van der Waals surface area contributed by atoms with E-state index in [-0.39, 0.29) is 12.1 Å². The number of aryl methyl sites for hydroxylation is 1. The smallest absolute Gasteiger partial charge is 0.317 e. The number of hydrogen-bond acceptors (Lipinski definition) is 2. The molecular formula is C24H35ClN4O. The maximum absolute atomic E-state index is 12.8. The molecule has 1 fully saturated rings. The van der Waals surface area contributed by atoms with Crippen molar-refractivity contribution in [3.63, 3.8) is 0 Å². The molecule has 3 atom stereocenters. The number of nitrogens with zero attached hydrogens (tertiary/aromatic N) is 2. The molecule has 2 aliphatic rings. The minimum absolute atomic E-state index is 0.0579. The molecule has 2 aromatic rings. The van der Waals surface area contributed by atoms with Crippen molar-refractivity contribution in [2.45, 2.75) is 71.4 Å². The summed E-state index contributed by atoms with van der Waals surface area (Å²) in [6.45, 7) is 12.0. The van der Waals surface area contributed by atoms with Crippen LogP contribution in [0, 0.1) is 0 Å². The Morgan fingerprint density at radius 2 is 2.03 bits per heavy atom. The van der Waals surface area contributed by atoms with E-state index >= 15 is 0 Å². The molecule has 5 nitrogen and oxygen atoms in total. The molecule has 1 unspecified atom stereocenters. The minimum atomic E-state index is 0.0579. The number of likely N-dealkylation sites (tertiary alicyclic amines) is 1. The Kier molecular flexibility index (Phi) is 6.31. The summed E-state index contributed by atoms with van der Waals surface area (Å²) < 4.78 is 0. The van der Waals surface area contributed by atoms with E-state index in [1.165, 1.54) is 27.7 Å². The van der Waals surface area contributed by atoms with Crippen LogP contribution in [0.5, 0.6) is 0 Å². The molecule has 2 N–H and O–H groups in total. The van der Waals surface area contributed by atoms with Gasteiger partial charge in [-0.05, 0) is 69.3 Å². The molecule has 30 heavy (non-hydrogen) atoms. The first kappa shape index (κ1) is 21.5. The van der Waals surface area contributed by atoms with E-state index in [2.05, 4.69) is 41.2 Å². The number of piperidine rings is 1. The maximum atomic E-state index is 12.8. The number of aromatic amines is 1. The average Bonchev–Trinajstić information content (AvgIpc) is 3.07. The van der Waals surface area contributed by atoms with Crippen molar-refractivity contribution in [2.75, 3.05) is 26.2 Å². The van der Waals surface area contributed by atoms with Gasteiger partial charge in [-0.25, -0.2) is 4.79 Å². The number of carbonyl (C=O) groups is 1. The maximum Gasteiger partial charge on any atom is 0.317 e. The van der Waals surface area contributed by atoms with E-state index in [0.717, 1.165) is 56.9 Å². The predicted octanol–water partition coefficient (Wildman–Crippen LogP) is 4.93. The number of amides is 2. The van der Waals surface area contributed by atoms with Crippen LogP contribution in [0.1, 0.15) is 63.3 Å². The Bertz CT molecular complexity index is 920. The first-order valence-electron chi connectivity index (χ1n) is 11.6. The molecule has 1 aromatic carbocycles. The van der Waals surface area contributed by atoms with Gasteiger partial charge in [0.25, 0.3) is 0 Å². The summed E-state index contributed by atoms with van der Waals surface area (Å²) in [5.74, 6) is 0.390. The number of urea groups is 1. The number of halogens is 1. The van der Waals surface area contributed by atoms with Gasteiger partial charge in [-0.1, -0.05) is 25.4 Å². The van der Waals surface area contributed by atoms with Gasteiger partial charge in [0.15, 0.2) is 0 Å². The second-order valence-corrected chi connectivity index (χ2v) is 9.22. The number of H-pyrrole nitrogens is 1. The third kappa shape index (κ3) is 3.71. The molecule has 0 radical (unpaired) electrons. The molecular weight excluding hydrogens is 396 g/mol.